The van der Waals surface area contributed by atoms with E-state index in [1.165, 1.54) is 12.3 Å². The molecule has 0 radical (unpaired) electrons. The summed E-state index contributed by atoms with van der Waals surface area (Å²) in [5.74, 6) is -1.16. The minimum absolute atomic E-state index is 0.169. The number of hydrogen-bond donors (Lipinski definition) is 4. The summed E-state index contributed by atoms with van der Waals surface area (Å²) in [4.78, 5) is 10.8. The molecule has 0 fully saturated rings. The molecule has 8 nitrogen and oxygen atoms in total. The molecular formula is C12H14N4O4S. The predicted octanol–water partition coefficient (Wildman–Crippen LogP) is 1.05. The molecule has 0 aliphatic heterocycles. The summed E-state index contributed by atoms with van der Waals surface area (Å²) in [6.07, 6.45) is 2.07. The molecule has 9 heteroatoms. The number of carbonyl (C=O) groups is 1. The lowest BCUT2D eigenvalue weighted by atomic mass is 10.2. The Morgan fingerprint density at radius 2 is 2.19 bits per heavy atom. The van der Waals surface area contributed by atoms with Crippen molar-refractivity contribution in [3.05, 3.63) is 35.5 Å². The van der Waals surface area contributed by atoms with E-state index in [9.17, 15) is 13.2 Å². The number of carboxylic acid groups (broad SMARTS) is 1. The van der Waals surface area contributed by atoms with E-state index >= 15 is 0 Å². The molecule has 1 aromatic carbocycles. The van der Waals surface area contributed by atoms with Gasteiger partial charge < -0.3 is 10.8 Å². The Bertz CT molecular complexity index is 782. The van der Waals surface area contributed by atoms with Crippen LogP contribution in [0.25, 0.3) is 0 Å². The molecule has 2 aromatic rings. The van der Waals surface area contributed by atoms with Crippen LogP contribution in [0.2, 0.25) is 0 Å². The van der Waals surface area contributed by atoms with Crippen LogP contribution in [0.1, 0.15) is 22.8 Å². The summed E-state index contributed by atoms with van der Waals surface area (Å²) in [6.45, 7) is 1.84. The summed E-state index contributed by atoms with van der Waals surface area (Å²) >= 11 is 0. The van der Waals surface area contributed by atoms with Crippen molar-refractivity contribution < 1.29 is 18.3 Å². The van der Waals surface area contributed by atoms with Crippen LogP contribution in [0.15, 0.2) is 29.3 Å². The van der Waals surface area contributed by atoms with Crippen molar-refractivity contribution in [2.75, 3.05) is 10.5 Å². The minimum Gasteiger partial charge on any atom is -0.478 e. The number of hydrogen-bond acceptors (Lipinski definition) is 5. The van der Waals surface area contributed by atoms with Crippen LogP contribution in [0.3, 0.4) is 0 Å². The largest absolute Gasteiger partial charge is 0.478 e. The zero-order valence-corrected chi connectivity index (χ0v) is 11.9. The van der Waals surface area contributed by atoms with Crippen molar-refractivity contribution >= 4 is 27.5 Å². The zero-order chi connectivity index (χ0) is 15.6. The number of benzene rings is 1. The van der Waals surface area contributed by atoms with E-state index in [0.717, 1.165) is 12.1 Å². The Morgan fingerprint density at radius 3 is 2.81 bits per heavy atom. The number of nitrogens with zero attached hydrogens (tertiary/aromatic N) is 1. The van der Waals surface area contributed by atoms with Gasteiger partial charge in [-0.3, -0.25) is 9.82 Å². The number of aromatic amines is 1. The predicted molar refractivity (Wildman–Crippen MR) is 76.6 cm³/mol. The van der Waals surface area contributed by atoms with Gasteiger partial charge in [-0.1, -0.05) is 6.92 Å². The van der Waals surface area contributed by atoms with Gasteiger partial charge in [0.1, 0.15) is 10.7 Å². The lowest BCUT2D eigenvalue weighted by Gasteiger charge is -2.10. The quantitative estimate of drug-likeness (QED) is 0.609. The first-order valence-corrected chi connectivity index (χ1v) is 7.51. The van der Waals surface area contributed by atoms with E-state index < -0.39 is 16.0 Å². The number of nitrogens with one attached hydrogen (secondary N) is 2. The van der Waals surface area contributed by atoms with Crippen LogP contribution in [-0.4, -0.2) is 29.7 Å². The van der Waals surface area contributed by atoms with Gasteiger partial charge in [-0.05, 0) is 24.6 Å². The second-order valence-electron chi connectivity index (χ2n) is 4.29. The summed E-state index contributed by atoms with van der Waals surface area (Å²) in [5, 5.41) is 15.4. The van der Waals surface area contributed by atoms with E-state index in [4.69, 9.17) is 10.8 Å². The average molecular weight is 310 g/mol. The van der Waals surface area contributed by atoms with Gasteiger partial charge in [0.25, 0.3) is 10.0 Å². The highest BCUT2D eigenvalue weighted by atomic mass is 32.2. The topological polar surface area (TPSA) is 138 Å². The molecule has 0 amide bonds. The Balaban J connectivity index is 2.47. The smallest absolute Gasteiger partial charge is 0.337 e. The van der Waals surface area contributed by atoms with Crippen molar-refractivity contribution in [1.82, 2.24) is 10.2 Å². The second-order valence-corrected chi connectivity index (χ2v) is 5.94. The second kappa shape index (κ2) is 5.44. The fourth-order valence-electron chi connectivity index (χ4n) is 1.81. The number of H-pyrrole nitrogens is 1. The van der Waals surface area contributed by atoms with Gasteiger partial charge in [0.05, 0.1) is 11.8 Å². The van der Waals surface area contributed by atoms with E-state index in [2.05, 4.69) is 14.9 Å². The maximum Gasteiger partial charge on any atom is 0.337 e. The first-order valence-electron chi connectivity index (χ1n) is 6.03. The third kappa shape index (κ3) is 2.97. The van der Waals surface area contributed by atoms with Gasteiger partial charge in [-0.2, -0.15) is 5.10 Å². The van der Waals surface area contributed by atoms with Crippen molar-refractivity contribution in [2.24, 2.45) is 0 Å². The number of aryl methyl sites for hydroxylation is 1. The first-order chi connectivity index (χ1) is 9.85. The molecule has 0 bridgehead atoms. The maximum atomic E-state index is 12.3. The van der Waals surface area contributed by atoms with Gasteiger partial charge >= 0.3 is 5.97 Å². The Morgan fingerprint density at radius 1 is 1.48 bits per heavy atom. The summed E-state index contributed by atoms with van der Waals surface area (Å²) in [6, 6.07) is 3.59. The molecule has 112 valence electrons. The molecule has 0 saturated carbocycles. The highest BCUT2D eigenvalue weighted by Gasteiger charge is 2.23. The van der Waals surface area contributed by atoms with Gasteiger partial charge in [-0.15, -0.1) is 0 Å². The number of aromatic carboxylic acids is 1. The number of carboxylic acids is 1. The molecule has 0 unspecified atom stereocenters. The Kier molecular flexibility index (Phi) is 3.85. The Labute approximate surface area is 121 Å². The van der Waals surface area contributed by atoms with Gasteiger partial charge in [-0.25, -0.2) is 13.2 Å². The number of anilines is 2. The summed E-state index contributed by atoms with van der Waals surface area (Å²) < 4.78 is 27.0. The number of nitrogen functional groups attached to an aromatic ring is 1. The fraction of sp³-hybridized carbons (Fsp3) is 0.167. The molecule has 0 saturated heterocycles. The van der Waals surface area contributed by atoms with Crippen molar-refractivity contribution in [1.29, 1.82) is 0 Å². The van der Waals surface area contributed by atoms with E-state index in [1.807, 2.05) is 6.92 Å². The molecule has 1 heterocycles. The van der Waals surface area contributed by atoms with Crippen LogP contribution in [0, 0.1) is 0 Å². The van der Waals surface area contributed by atoms with Crippen LogP contribution in [0.5, 0.6) is 0 Å². The molecule has 2 rings (SSSR count). The first kappa shape index (κ1) is 14.9. The van der Waals surface area contributed by atoms with Crippen LogP contribution in [0.4, 0.5) is 11.5 Å². The van der Waals surface area contributed by atoms with Crippen molar-refractivity contribution in [2.45, 2.75) is 18.2 Å². The van der Waals surface area contributed by atoms with Crippen LogP contribution in [-0.2, 0) is 16.4 Å². The molecule has 0 atom stereocenters. The van der Waals surface area contributed by atoms with E-state index in [0.29, 0.717) is 12.0 Å². The lowest BCUT2D eigenvalue weighted by Crippen LogP contribution is -2.18. The highest BCUT2D eigenvalue weighted by Crippen LogP contribution is 2.22. The number of aromatic nitrogens is 2. The molecule has 1 aromatic heterocycles. The van der Waals surface area contributed by atoms with Crippen LogP contribution < -0.4 is 10.5 Å². The molecule has 21 heavy (non-hydrogen) atoms. The van der Waals surface area contributed by atoms with Gasteiger partial charge in [0.15, 0.2) is 0 Å². The van der Waals surface area contributed by atoms with Crippen molar-refractivity contribution in [3.63, 3.8) is 0 Å². The highest BCUT2D eigenvalue weighted by molar-refractivity contribution is 7.92. The Hall–Kier alpha value is -2.55. The SMILES string of the molecule is CCc1cn[nH]c1NS(=O)(=O)c1ccc(N)cc1C(=O)O. The lowest BCUT2D eigenvalue weighted by molar-refractivity contribution is 0.0692. The third-order valence-corrected chi connectivity index (χ3v) is 4.27. The molecule has 5 N–H and O–H groups in total. The summed E-state index contributed by atoms with van der Waals surface area (Å²) in [7, 11) is -4.07. The standard InChI is InChI=1S/C12H14N4O4S/c1-2-7-6-14-15-11(7)16-21(19,20)10-4-3-8(13)5-9(10)12(17)18/h3-6H,2,13H2,1H3,(H,17,18)(H2,14,15,16). The fourth-order valence-corrected chi connectivity index (χ4v) is 3.04. The maximum absolute atomic E-state index is 12.3. The average Bonchev–Trinajstić information content (AvgIpc) is 2.84. The number of sulfonamides is 1. The summed E-state index contributed by atoms with van der Waals surface area (Å²) in [5.41, 5.74) is 5.95. The monoisotopic (exact) mass is 310 g/mol. The molecule has 0 spiro atoms. The van der Waals surface area contributed by atoms with Gasteiger partial charge in [0.2, 0.25) is 0 Å². The number of rotatable bonds is 5. The van der Waals surface area contributed by atoms with E-state index in [1.54, 1.807) is 0 Å². The van der Waals surface area contributed by atoms with E-state index in [-0.39, 0.29) is 22.0 Å². The third-order valence-electron chi connectivity index (χ3n) is 2.86. The minimum atomic E-state index is -4.07. The van der Waals surface area contributed by atoms with Crippen molar-refractivity contribution in [3.8, 4) is 0 Å². The van der Waals surface area contributed by atoms with Crippen LogP contribution >= 0.6 is 0 Å². The van der Waals surface area contributed by atoms with Gasteiger partial charge in [0, 0.05) is 11.3 Å². The zero-order valence-electron chi connectivity index (χ0n) is 11.1. The number of nitrogens with two attached hydrogens (primary N) is 1. The molecule has 0 aliphatic rings. The molecule has 0 aliphatic carbocycles. The normalized spacial score (nSPS) is 11.3. The molecular weight excluding hydrogens is 296 g/mol.